The van der Waals surface area contributed by atoms with Crippen LogP contribution >= 0.6 is 0 Å². The topological polar surface area (TPSA) is 235 Å². The number of carbonyl (C=O) groups is 6. The molecule has 0 aliphatic rings. The number of nitrogens with one attached hydrogen (secondary N) is 3. The molecule has 0 bridgehead atoms. The van der Waals surface area contributed by atoms with Crippen LogP contribution in [-0.2, 0) is 28.8 Å². The third-order valence-electron chi connectivity index (χ3n) is 6.94. The Hall–Kier alpha value is -3.34. The largest absolute Gasteiger partial charge is 0.356 e. The predicted octanol–water partition coefficient (Wildman–Crippen LogP) is 0.427. The first-order valence-corrected chi connectivity index (χ1v) is 15.3. The SMILES string of the molecule is CCC(=O)N(O)CCC(=O)NCCCC(N)(CCCNC(=O)CCN(O)C(=O)CC)CCCNC(=O)CCN(O)C(=O)CC. The first-order valence-electron chi connectivity index (χ1n) is 15.3. The summed E-state index contributed by atoms with van der Waals surface area (Å²) < 4.78 is 0. The van der Waals surface area contributed by atoms with Crippen LogP contribution in [0.25, 0.3) is 0 Å². The highest BCUT2D eigenvalue weighted by molar-refractivity contribution is 5.79. The van der Waals surface area contributed by atoms with Crippen LogP contribution in [0.4, 0.5) is 0 Å². The van der Waals surface area contributed by atoms with Crippen LogP contribution < -0.4 is 21.7 Å². The number of amides is 6. The molecule has 0 aromatic heterocycles. The van der Waals surface area contributed by atoms with Gasteiger partial charge in [0.1, 0.15) is 0 Å². The Morgan fingerprint density at radius 3 is 1.02 bits per heavy atom. The maximum absolute atomic E-state index is 12.1. The van der Waals surface area contributed by atoms with Gasteiger partial charge in [0.05, 0.1) is 19.6 Å². The molecule has 8 N–H and O–H groups in total. The van der Waals surface area contributed by atoms with E-state index in [0.717, 1.165) is 0 Å². The van der Waals surface area contributed by atoms with Crippen molar-refractivity contribution in [1.29, 1.82) is 0 Å². The Morgan fingerprint density at radius 1 is 0.545 bits per heavy atom. The summed E-state index contributed by atoms with van der Waals surface area (Å²) in [5.41, 5.74) is 6.05. The van der Waals surface area contributed by atoms with Gasteiger partial charge in [-0.2, -0.15) is 0 Å². The molecule has 0 fully saturated rings. The van der Waals surface area contributed by atoms with Crippen LogP contribution in [0, 0.1) is 0 Å². The van der Waals surface area contributed by atoms with E-state index in [2.05, 4.69) is 16.0 Å². The summed E-state index contributed by atoms with van der Waals surface area (Å²) in [5.74, 6) is -2.36. The lowest BCUT2D eigenvalue weighted by Gasteiger charge is -2.30. The monoisotopic (exact) mass is 631 g/mol. The second-order valence-electron chi connectivity index (χ2n) is 10.6. The fourth-order valence-electron chi connectivity index (χ4n) is 4.19. The third-order valence-corrected chi connectivity index (χ3v) is 6.94. The van der Waals surface area contributed by atoms with Crippen LogP contribution in [0.5, 0.6) is 0 Å². The number of hydrogen-bond acceptors (Lipinski definition) is 10. The maximum atomic E-state index is 12.1. The highest BCUT2D eigenvalue weighted by Crippen LogP contribution is 2.22. The number of nitrogens with two attached hydrogens (primary N) is 1. The molecule has 0 saturated carbocycles. The van der Waals surface area contributed by atoms with Crippen LogP contribution in [0.3, 0.4) is 0 Å². The van der Waals surface area contributed by atoms with Crippen LogP contribution in [0.1, 0.15) is 97.8 Å². The maximum Gasteiger partial charge on any atom is 0.245 e. The summed E-state index contributed by atoms with van der Waals surface area (Å²) >= 11 is 0. The summed E-state index contributed by atoms with van der Waals surface area (Å²) in [6.45, 7) is 5.51. The van der Waals surface area contributed by atoms with Crippen LogP contribution in [0.2, 0.25) is 0 Å². The molecule has 0 atom stereocenters. The molecule has 0 aliphatic carbocycles. The zero-order chi connectivity index (χ0) is 33.5. The lowest BCUT2D eigenvalue weighted by molar-refractivity contribution is -0.166. The Labute approximate surface area is 259 Å². The molecule has 254 valence electrons. The Kier molecular flexibility index (Phi) is 21.3. The van der Waals surface area contributed by atoms with Crippen molar-refractivity contribution in [1.82, 2.24) is 31.1 Å². The zero-order valence-electron chi connectivity index (χ0n) is 26.4. The summed E-state index contributed by atoms with van der Waals surface area (Å²) in [7, 11) is 0. The van der Waals surface area contributed by atoms with Crippen molar-refractivity contribution in [2.24, 2.45) is 5.73 Å². The van der Waals surface area contributed by atoms with Crippen molar-refractivity contribution in [3.05, 3.63) is 0 Å². The molecule has 44 heavy (non-hydrogen) atoms. The van der Waals surface area contributed by atoms with E-state index in [4.69, 9.17) is 5.73 Å². The van der Waals surface area contributed by atoms with Gasteiger partial charge in [-0.15, -0.1) is 0 Å². The minimum absolute atomic E-state index is 0.0449. The average molecular weight is 632 g/mol. The van der Waals surface area contributed by atoms with Crippen molar-refractivity contribution in [3.8, 4) is 0 Å². The van der Waals surface area contributed by atoms with Gasteiger partial charge in [0.2, 0.25) is 35.4 Å². The normalized spacial score (nSPS) is 11.0. The molecule has 0 radical (unpaired) electrons. The Morgan fingerprint density at radius 2 is 0.795 bits per heavy atom. The molecule has 16 heteroatoms. The van der Waals surface area contributed by atoms with E-state index in [-0.39, 0.29) is 75.9 Å². The molecule has 0 spiro atoms. The highest BCUT2D eigenvalue weighted by atomic mass is 16.5. The zero-order valence-corrected chi connectivity index (χ0v) is 26.4. The third kappa shape index (κ3) is 19.0. The lowest BCUT2D eigenvalue weighted by Crippen LogP contribution is -2.42. The lowest BCUT2D eigenvalue weighted by atomic mass is 9.84. The molecular weight excluding hydrogens is 578 g/mol. The fraction of sp³-hybridized carbons (Fsp3) is 0.786. The molecule has 0 heterocycles. The second kappa shape index (κ2) is 23.1. The number of rotatable bonds is 24. The molecule has 0 rings (SSSR count). The van der Waals surface area contributed by atoms with Gasteiger partial charge in [0.15, 0.2) is 0 Å². The van der Waals surface area contributed by atoms with E-state index in [9.17, 15) is 44.4 Å². The summed E-state index contributed by atoms with van der Waals surface area (Å²) in [4.78, 5) is 70.5. The summed E-state index contributed by atoms with van der Waals surface area (Å²) in [5, 5.41) is 38.5. The number of carbonyl (C=O) groups excluding carboxylic acids is 6. The number of hydroxylamine groups is 6. The molecule has 0 unspecified atom stereocenters. The first kappa shape index (κ1) is 40.7. The smallest absolute Gasteiger partial charge is 0.245 e. The van der Waals surface area contributed by atoms with Gasteiger partial charge in [-0.25, -0.2) is 15.2 Å². The van der Waals surface area contributed by atoms with E-state index in [1.54, 1.807) is 20.8 Å². The first-order chi connectivity index (χ1) is 20.8. The van der Waals surface area contributed by atoms with Gasteiger partial charge in [0.25, 0.3) is 0 Å². The van der Waals surface area contributed by atoms with E-state index < -0.39 is 23.3 Å². The molecule has 6 amide bonds. The predicted molar refractivity (Wildman–Crippen MR) is 159 cm³/mol. The van der Waals surface area contributed by atoms with Crippen molar-refractivity contribution in [2.75, 3.05) is 39.3 Å². The van der Waals surface area contributed by atoms with Crippen molar-refractivity contribution in [2.45, 2.75) is 103 Å². The van der Waals surface area contributed by atoms with Crippen molar-refractivity contribution < 1.29 is 44.4 Å². The highest BCUT2D eigenvalue weighted by Gasteiger charge is 2.24. The standard InChI is InChI=1S/C28H53N7O9/c1-4-25(39)33(42)19-10-22(36)30-16-7-13-28(29,14-8-17-31-23(37)11-20-34(43)26(40)5-2)15-9-18-32-24(38)12-21-35(44)27(41)6-3/h42-44H,4-21,29H2,1-3H3,(H,30,36)(H,31,37)(H,32,38). The van der Waals surface area contributed by atoms with Gasteiger partial charge in [-0.1, -0.05) is 20.8 Å². The van der Waals surface area contributed by atoms with Crippen molar-refractivity contribution >= 4 is 35.4 Å². The molecule has 0 aromatic carbocycles. The quantitative estimate of drug-likeness (QED) is 0.0440. The summed E-state index contributed by atoms with van der Waals surface area (Å²) in [6, 6.07) is 0. The van der Waals surface area contributed by atoms with Crippen molar-refractivity contribution in [3.63, 3.8) is 0 Å². The summed E-state index contributed by atoms with van der Waals surface area (Å²) in [6.07, 6.45) is 3.51. The van der Waals surface area contributed by atoms with E-state index in [1.165, 1.54) is 0 Å². The van der Waals surface area contributed by atoms with Crippen LogP contribution in [0.15, 0.2) is 0 Å². The fourth-order valence-corrected chi connectivity index (χ4v) is 4.19. The number of nitrogens with zero attached hydrogens (tertiary/aromatic N) is 3. The van der Waals surface area contributed by atoms with Gasteiger partial charge in [-0.3, -0.25) is 44.4 Å². The molecule has 0 aromatic rings. The number of hydrogen-bond donors (Lipinski definition) is 7. The van der Waals surface area contributed by atoms with Gasteiger partial charge < -0.3 is 21.7 Å². The Bertz CT molecular complexity index is 808. The van der Waals surface area contributed by atoms with Gasteiger partial charge >= 0.3 is 0 Å². The molecule has 0 aliphatic heterocycles. The molecule has 0 saturated heterocycles. The minimum Gasteiger partial charge on any atom is -0.356 e. The minimum atomic E-state index is -0.666. The average Bonchev–Trinajstić information content (AvgIpc) is 3.02. The van der Waals surface area contributed by atoms with E-state index >= 15 is 0 Å². The van der Waals surface area contributed by atoms with Gasteiger partial charge in [-0.05, 0) is 38.5 Å². The van der Waals surface area contributed by atoms with E-state index in [1.807, 2.05) is 0 Å². The van der Waals surface area contributed by atoms with Crippen LogP contribution in [-0.4, -0.2) is 111 Å². The van der Waals surface area contributed by atoms with Gasteiger partial charge in [0, 0.05) is 63.7 Å². The van der Waals surface area contributed by atoms with E-state index in [0.29, 0.717) is 73.3 Å². The Balaban J connectivity index is 4.75. The molecule has 16 nitrogen and oxygen atoms in total. The molecular formula is C28H53N7O9. The second-order valence-corrected chi connectivity index (χ2v) is 10.6.